The van der Waals surface area contributed by atoms with Gasteiger partial charge in [-0.25, -0.2) is 0 Å². The van der Waals surface area contributed by atoms with E-state index < -0.39 is 0 Å². The number of rotatable bonds is 9. The van der Waals surface area contributed by atoms with Crippen molar-refractivity contribution in [3.8, 4) is 0 Å². The fraction of sp³-hybridized carbons (Fsp3) is 1.00. The minimum Gasteiger partial charge on any atom is -0.330 e. The summed E-state index contributed by atoms with van der Waals surface area (Å²) in [5.41, 5.74) is 11.2. The minimum atomic E-state index is 0.293. The summed E-state index contributed by atoms with van der Waals surface area (Å²) in [6, 6.07) is 0. The Morgan fingerprint density at radius 3 is 2.32 bits per heavy atom. The second-order valence-corrected chi connectivity index (χ2v) is 7.24. The molecule has 3 heteroatoms. The summed E-state index contributed by atoms with van der Waals surface area (Å²) in [5.74, 6) is 4.48. The summed E-state index contributed by atoms with van der Waals surface area (Å²) < 4.78 is 0. The highest BCUT2D eigenvalue weighted by molar-refractivity contribution is 6.20. The van der Waals surface area contributed by atoms with Crippen LogP contribution < -0.4 is 11.5 Å². The van der Waals surface area contributed by atoms with Crippen LogP contribution in [0.3, 0.4) is 0 Å². The molecule has 2 nitrogen and oxygen atoms in total. The van der Waals surface area contributed by atoms with E-state index in [1.807, 2.05) is 0 Å². The average molecular weight is 260 g/mol. The first-order valence-electron chi connectivity index (χ1n) is 8.44. The second-order valence-electron chi connectivity index (χ2n) is 7.24. The molecule has 0 heterocycles. The molecule has 0 amide bonds. The first-order valence-corrected chi connectivity index (χ1v) is 8.44. The Kier molecular flexibility index (Phi) is 3.97. The van der Waals surface area contributed by atoms with Gasteiger partial charge in [-0.05, 0) is 68.4 Å². The van der Waals surface area contributed by atoms with E-state index in [4.69, 9.17) is 19.3 Å². The van der Waals surface area contributed by atoms with Crippen molar-refractivity contribution in [1.82, 2.24) is 0 Å². The summed E-state index contributed by atoms with van der Waals surface area (Å²) in [6.07, 6.45) is 10.6. The van der Waals surface area contributed by atoms with Crippen molar-refractivity contribution in [2.24, 2.45) is 41.1 Å². The molecule has 0 aliphatic heterocycles. The Labute approximate surface area is 119 Å². The molecule has 0 aromatic carbocycles. The lowest BCUT2D eigenvalue weighted by atomic mass is 9.51. The molecule has 2 radical (unpaired) electrons. The molecular weight excluding hydrogens is 231 g/mol. The molecule has 19 heavy (non-hydrogen) atoms. The number of hydrogen-bond donors (Lipinski definition) is 2. The molecular formula is C16H29BN2. The zero-order valence-electron chi connectivity index (χ0n) is 12.2. The Balaban J connectivity index is 1.44. The molecule has 3 fully saturated rings. The van der Waals surface area contributed by atoms with Gasteiger partial charge < -0.3 is 11.5 Å². The summed E-state index contributed by atoms with van der Waals surface area (Å²) in [6.45, 7) is 1.70. The molecule has 0 aromatic rings. The van der Waals surface area contributed by atoms with Crippen LogP contribution in [0.2, 0.25) is 5.31 Å². The quantitative estimate of drug-likeness (QED) is 0.494. The van der Waals surface area contributed by atoms with Crippen molar-refractivity contribution in [2.75, 3.05) is 13.1 Å². The summed E-state index contributed by atoms with van der Waals surface area (Å²) >= 11 is 0. The molecule has 4 N–H and O–H groups in total. The van der Waals surface area contributed by atoms with E-state index >= 15 is 0 Å². The van der Waals surface area contributed by atoms with E-state index in [2.05, 4.69) is 0 Å². The van der Waals surface area contributed by atoms with Gasteiger partial charge in [-0.3, -0.25) is 0 Å². The number of nitrogens with two attached hydrogens (primary N) is 2. The fourth-order valence-electron chi connectivity index (χ4n) is 5.65. The third-order valence-corrected chi connectivity index (χ3v) is 6.38. The lowest BCUT2D eigenvalue weighted by Crippen LogP contribution is -2.40. The summed E-state index contributed by atoms with van der Waals surface area (Å²) in [7, 11) is 6.60. The Morgan fingerprint density at radius 1 is 0.895 bits per heavy atom. The highest BCUT2D eigenvalue weighted by Gasteiger charge is 2.81. The molecule has 3 aliphatic rings. The van der Waals surface area contributed by atoms with Gasteiger partial charge in [-0.15, -0.1) is 0 Å². The molecule has 0 bridgehead atoms. The number of unbranched alkanes of at least 4 members (excludes halogenated alkanes) is 3. The van der Waals surface area contributed by atoms with Crippen molar-refractivity contribution in [3.05, 3.63) is 0 Å². The van der Waals surface area contributed by atoms with E-state index in [9.17, 15) is 0 Å². The molecule has 3 aliphatic carbocycles. The molecule has 6 unspecified atom stereocenters. The van der Waals surface area contributed by atoms with Gasteiger partial charge in [0.1, 0.15) is 0 Å². The van der Waals surface area contributed by atoms with Crippen LogP contribution in [0.1, 0.15) is 51.4 Å². The molecule has 106 valence electrons. The van der Waals surface area contributed by atoms with Crippen molar-refractivity contribution in [1.29, 1.82) is 0 Å². The topological polar surface area (TPSA) is 52.0 Å². The first-order chi connectivity index (χ1) is 9.25. The zero-order chi connectivity index (χ0) is 13.5. The first kappa shape index (κ1) is 13.9. The van der Waals surface area contributed by atoms with Gasteiger partial charge in [-0.1, -0.05) is 31.0 Å². The van der Waals surface area contributed by atoms with Crippen LogP contribution in [0.5, 0.6) is 0 Å². The second kappa shape index (κ2) is 5.40. The van der Waals surface area contributed by atoms with Gasteiger partial charge in [0.15, 0.2) is 0 Å². The van der Waals surface area contributed by atoms with Gasteiger partial charge >= 0.3 is 0 Å². The van der Waals surface area contributed by atoms with E-state index in [0.29, 0.717) is 5.31 Å². The number of fused-ring (bicyclic) bond motifs is 1. The molecule has 0 aromatic heterocycles. The zero-order valence-corrected chi connectivity index (χ0v) is 12.2. The van der Waals surface area contributed by atoms with E-state index in [1.165, 1.54) is 51.4 Å². The Morgan fingerprint density at radius 2 is 1.63 bits per heavy atom. The smallest absolute Gasteiger partial charge is 0.0758 e. The van der Waals surface area contributed by atoms with E-state index in [0.717, 1.165) is 42.7 Å². The molecule has 3 rings (SSSR count). The molecule has 6 atom stereocenters. The van der Waals surface area contributed by atoms with Crippen molar-refractivity contribution in [2.45, 2.75) is 56.7 Å². The largest absolute Gasteiger partial charge is 0.330 e. The van der Waals surface area contributed by atoms with E-state index in [1.54, 1.807) is 0 Å². The van der Waals surface area contributed by atoms with Gasteiger partial charge in [0.25, 0.3) is 0 Å². The highest BCUT2D eigenvalue weighted by atomic mass is 14.8. The van der Waals surface area contributed by atoms with Crippen LogP contribution in [-0.2, 0) is 0 Å². The maximum absolute atomic E-state index is 6.60. The van der Waals surface area contributed by atoms with Crippen LogP contribution in [0.15, 0.2) is 0 Å². The number of hydrogen-bond acceptors (Lipinski definition) is 2. The molecule has 0 spiro atoms. The summed E-state index contributed by atoms with van der Waals surface area (Å²) in [4.78, 5) is 0. The lowest BCUT2D eigenvalue weighted by Gasteiger charge is -2.47. The molecule has 3 saturated carbocycles. The van der Waals surface area contributed by atoms with Crippen LogP contribution in [0.25, 0.3) is 0 Å². The maximum Gasteiger partial charge on any atom is 0.0758 e. The van der Waals surface area contributed by atoms with E-state index in [-0.39, 0.29) is 0 Å². The van der Waals surface area contributed by atoms with Gasteiger partial charge in [0.2, 0.25) is 0 Å². The minimum absolute atomic E-state index is 0.293. The average Bonchev–Trinajstić information content (AvgIpc) is 2.80. The van der Waals surface area contributed by atoms with Crippen molar-refractivity contribution >= 4 is 7.85 Å². The normalized spacial score (nSPS) is 45.9. The third kappa shape index (κ3) is 2.08. The van der Waals surface area contributed by atoms with Gasteiger partial charge in [0, 0.05) is 0 Å². The van der Waals surface area contributed by atoms with Crippen LogP contribution in [-0.4, -0.2) is 20.9 Å². The van der Waals surface area contributed by atoms with Crippen molar-refractivity contribution < 1.29 is 0 Å². The van der Waals surface area contributed by atoms with Crippen molar-refractivity contribution in [3.63, 3.8) is 0 Å². The fourth-order valence-corrected chi connectivity index (χ4v) is 5.65. The van der Waals surface area contributed by atoms with Gasteiger partial charge in [-0.2, -0.15) is 0 Å². The SMILES string of the molecule is [B]C12C3CC(CCCCCCN)C1C(CCCN)C32. The predicted octanol–water partition coefficient (Wildman–Crippen LogP) is 2.47. The molecule has 0 saturated heterocycles. The highest BCUT2D eigenvalue weighted by Crippen LogP contribution is 2.90. The van der Waals surface area contributed by atoms with Crippen LogP contribution in [0.4, 0.5) is 0 Å². The Bertz CT molecular complexity index is 322. The Hall–Kier alpha value is -0.0151. The van der Waals surface area contributed by atoms with Crippen LogP contribution in [0, 0.1) is 29.6 Å². The standard InChI is InChI=1S/C16H29BN2/c17-16-13-10-11(6-3-1-2-4-8-18)14(16)12(15(13)16)7-5-9-19/h11-15H,1-10,18-19H2. The maximum atomic E-state index is 6.60. The van der Waals surface area contributed by atoms with Gasteiger partial charge in [0.05, 0.1) is 7.85 Å². The van der Waals surface area contributed by atoms with Crippen LogP contribution >= 0.6 is 0 Å². The monoisotopic (exact) mass is 260 g/mol. The lowest BCUT2D eigenvalue weighted by molar-refractivity contribution is 0.0730. The third-order valence-electron chi connectivity index (χ3n) is 6.38. The predicted molar refractivity (Wildman–Crippen MR) is 80.9 cm³/mol. The summed E-state index contributed by atoms with van der Waals surface area (Å²) in [5, 5.41) is 0.293.